The van der Waals surface area contributed by atoms with E-state index in [4.69, 9.17) is 10.5 Å². The Kier molecular flexibility index (Phi) is 6.69. The number of nitrogens with two attached hydrogens (primary N) is 1. The van der Waals surface area contributed by atoms with E-state index in [-0.39, 0.29) is 11.6 Å². The van der Waals surface area contributed by atoms with E-state index in [1.807, 2.05) is 11.6 Å². The Morgan fingerprint density at radius 3 is 2.45 bits per heavy atom. The number of aromatic nitrogens is 2. The van der Waals surface area contributed by atoms with E-state index in [1.54, 1.807) is 0 Å². The van der Waals surface area contributed by atoms with Gasteiger partial charge in [0.25, 0.3) is 0 Å². The molecule has 0 saturated carbocycles. The van der Waals surface area contributed by atoms with Gasteiger partial charge in [-0.05, 0) is 39.2 Å². The number of hydrogen-bond acceptors (Lipinski definition) is 3. The van der Waals surface area contributed by atoms with Crippen molar-refractivity contribution in [2.24, 2.45) is 5.73 Å². The van der Waals surface area contributed by atoms with Crippen molar-refractivity contribution in [3.05, 3.63) is 18.0 Å². The molecule has 0 aliphatic rings. The van der Waals surface area contributed by atoms with E-state index in [9.17, 15) is 0 Å². The molecule has 0 amide bonds. The van der Waals surface area contributed by atoms with Crippen LogP contribution in [-0.4, -0.2) is 28.0 Å². The van der Waals surface area contributed by atoms with Gasteiger partial charge >= 0.3 is 0 Å². The van der Waals surface area contributed by atoms with Crippen molar-refractivity contribution in [1.29, 1.82) is 0 Å². The zero-order valence-corrected chi connectivity index (χ0v) is 13.7. The van der Waals surface area contributed by atoms with Crippen molar-refractivity contribution in [2.45, 2.75) is 78.0 Å². The van der Waals surface area contributed by atoms with Crippen LogP contribution in [0.2, 0.25) is 0 Å². The van der Waals surface area contributed by atoms with E-state index in [2.05, 4.69) is 45.1 Å². The Balaban J connectivity index is 2.77. The second-order valence-corrected chi connectivity index (χ2v) is 5.56. The first-order chi connectivity index (χ1) is 9.52. The lowest BCUT2D eigenvalue weighted by atomic mass is 9.86. The fourth-order valence-corrected chi connectivity index (χ4v) is 2.70. The molecule has 0 bridgehead atoms. The molecular formula is C16H31N3O. The maximum Gasteiger partial charge on any atom is 0.0831 e. The first-order valence-electron chi connectivity index (χ1n) is 7.96. The van der Waals surface area contributed by atoms with Crippen molar-refractivity contribution in [3.63, 3.8) is 0 Å². The Labute approximate surface area is 123 Å². The van der Waals surface area contributed by atoms with Gasteiger partial charge in [-0.1, -0.05) is 20.8 Å². The molecule has 0 aliphatic heterocycles. The molecule has 2 atom stereocenters. The molecule has 2 unspecified atom stereocenters. The average molecular weight is 281 g/mol. The van der Waals surface area contributed by atoms with Crippen molar-refractivity contribution in [1.82, 2.24) is 9.78 Å². The minimum atomic E-state index is -0.227. The summed E-state index contributed by atoms with van der Waals surface area (Å²) in [5, 5.41) is 4.64. The summed E-state index contributed by atoms with van der Waals surface area (Å²) in [4.78, 5) is 0. The highest BCUT2D eigenvalue weighted by Crippen LogP contribution is 2.26. The topological polar surface area (TPSA) is 53.1 Å². The van der Waals surface area contributed by atoms with Crippen LogP contribution < -0.4 is 5.73 Å². The number of rotatable bonds is 9. The van der Waals surface area contributed by atoms with Gasteiger partial charge in [0.1, 0.15) is 0 Å². The van der Waals surface area contributed by atoms with Crippen molar-refractivity contribution in [2.75, 3.05) is 6.61 Å². The fourth-order valence-electron chi connectivity index (χ4n) is 2.70. The lowest BCUT2D eigenvalue weighted by Crippen LogP contribution is -2.50. The van der Waals surface area contributed by atoms with Crippen molar-refractivity contribution >= 4 is 0 Å². The Morgan fingerprint density at radius 2 is 1.95 bits per heavy atom. The summed E-state index contributed by atoms with van der Waals surface area (Å²) >= 11 is 0. The van der Waals surface area contributed by atoms with Gasteiger partial charge in [0.2, 0.25) is 0 Å². The van der Waals surface area contributed by atoms with E-state index in [1.165, 1.54) is 0 Å². The highest BCUT2D eigenvalue weighted by Gasteiger charge is 2.34. The van der Waals surface area contributed by atoms with Gasteiger partial charge in [0.05, 0.1) is 11.3 Å². The minimum absolute atomic E-state index is 0.0160. The van der Waals surface area contributed by atoms with Gasteiger partial charge in [0.15, 0.2) is 0 Å². The molecular weight excluding hydrogens is 250 g/mol. The second-order valence-electron chi connectivity index (χ2n) is 5.56. The van der Waals surface area contributed by atoms with Crippen LogP contribution in [0.25, 0.3) is 0 Å². The third-order valence-corrected chi connectivity index (χ3v) is 4.44. The third kappa shape index (κ3) is 3.83. The van der Waals surface area contributed by atoms with E-state index in [0.29, 0.717) is 12.6 Å². The van der Waals surface area contributed by atoms with Crippen LogP contribution >= 0.6 is 0 Å². The Bertz CT molecular complexity index is 385. The van der Waals surface area contributed by atoms with Gasteiger partial charge in [-0.3, -0.25) is 4.68 Å². The summed E-state index contributed by atoms with van der Waals surface area (Å²) in [6, 6.07) is 2.50. The van der Waals surface area contributed by atoms with Crippen LogP contribution in [0.5, 0.6) is 0 Å². The summed E-state index contributed by atoms with van der Waals surface area (Å²) in [5.74, 6) is 0. The predicted molar refractivity (Wildman–Crippen MR) is 83.8 cm³/mol. The average Bonchev–Trinajstić information content (AvgIpc) is 2.92. The number of hydrogen-bond donors (Lipinski definition) is 1. The maximum absolute atomic E-state index is 6.44. The first kappa shape index (κ1) is 17.2. The molecule has 1 heterocycles. The zero-order valence-electron chi connectivity index (χ0n) is 13.7. The van der Waals surface area contributed by atoms with Gasteiger partial charge < -0.3 is 10.5 Å². The van der Waals surface area contributed by atoms with E-state index < -0.39 is 0 Å². The second kappa shape index (κ2) is 7.79. The zero-order chi connectivity index (χ0) is 15.2. The quantitative estimate of drug-likeness (QED) is 0.755. The molecule has 0 saturated heterocycles. The monoisotopic (exact) mass is 281 g/mol. The van der Waals surface area contributed by atoms with Crippen LogP contribution in [0.1, 0.15) is 65.6 Å². The van der Waals surface area contributed by atoms with Crippen molar-refractivity contribution < 1.29 is 4.74 Å². The first-order valence-corrected chi connectivity index (χ1v) is 7.96. The van der Waals surface area contributed by atoms with Crippen molar-refractivity contribution in [3.8, 4) is 0 Å². The molecule has 1 rings (SSSR count). The molecule has 0 radical (unpaired) electrons. The standard InChI is InChI=1S/C16H31N3O/c1-6-13(5)19-11-10-14(18-19)12-15(17)16(7-2,8-3)20-9-4/h10-11,13,15H,6-9,12,17H2,1-5H3. The summed E-state index contributed by atoms with van der Waals surface area (Å²) in [7, 11) is 0. The van der Waals surface area contributed by atoms with Gasteiger partial charge in [0, 0.05) is 31.3 Å². The molecule has 20 heavy (non-hydrogen) atoms. The fraction of sp³-hybridized carbons (Fsp3) is 0.812. The number of ether oxygens (including phenoxy) is 1. The lowest BCUT2D eigenvalue weighted by molar-refractivity contribution is -0.0635. The summed E-state index contributed by atoms with van der Waals surface area (Å²) in [6.45, 7) is 11.4. The minimum Gasteiger partial charge on any atom is -0.374 e. The van der Waals surface area contributed by atoms with Crippen LogP contribution in [0.3, 0.4) is 0 Å². The highest BCUT2D eigenvalue weighted by molar-refractivity contribution is 5.05. The van der Waals surface area contributed by atoms with E-state index in [0.717, 1.165) is 31.4 Å². The van der Waals surface area contributed by atoms with Crippen LogP contribution in [-0.2, 0) is 11.2 Å². The summed E-state index contributed by atoms with van der Waals surface area (Å²) < 4.78 is 8.01. The third-order valence-electron chi connectivity index (χ3n) is 4.44. The molecule has 0 spiro atoms. The molecule has 2 N–H and O–H groups in total. The molecule has 4 heteroatoms. The maximum atomic E-state index is 6.44. The molecule has 0 aromatic carbocycles. The lowest BCUT2D eigenvalue weighted by Gasteiger charge is -2.37. The highest BCUT2D eigenvalue weighted by atomic mass is 16.5. The van der Waals surface area contributed by atoms with Gasteiger partial charge in [-0.15, -0.1) is 0 Å². The van der Waals surface area contributed by atoms with Crippen LogP contribution in [0, 0.1) is 0 Å². The predicted octanol–water partition coefficient (Wildman–Crippen LogP) is 3.32. The SMILES string of the molecule is CCOC(CC)(CC)C(N)Cc1ccn(C(C)CC)n1. The molecule has 4 nitrogen and oxygen atoms in total. The molecule has 116 valence electrons. The summed E-state index contributed by atoms with van der Waals surface area (Å²) in [6.07, 6.45) is 5.77. The molecule has 1 aromatic heterocycles. The smallest absolute Gasteiger partial charge is 0.0831 e. The van der Waals surface area contributed by atoms with Gasteiger partial charge in [-0.2, -0.15) is 5.10 Å². The Morgan fingerprint density at radius 1 is 1.30 bits per heavy atom. The largest absolute Gasteiger partial charge is 0.374 e. The number of nitrogens with zero attached hydrogens (tertiary/aromatic N) is 2. The molecule has 0 aliphatic carbocycles. The Hall–Kier alpha value is -0.870. The normalized spacial score (nSPS) is 15.3. The molecule has 1 aromatic rings. The van der Waals surface area contributed by atoms with Crippen LogP contribution in [0.4, 0.5) is 0 Å². The summed E-state index contributed by atoms with van der Waals surface area (Å²) in [5.41, 5.74) is 7.27. The van der Waals surface area contributed by atoms with Gasteiger partial charge in [-0.25, -0.2) is 0 Å². The van der Waals surface area contributed by atoms with E-state index >= 15 is 0 Å². The molecule has 0 fully saturated rings. The van der Waals surface area contributed by atoms with Crippen LogP contribution in [0.15, 0.2) is 12.3 Å².